The van der Waals surface area contributed by atoms with E-state index in [1.807, 2.05) is 0 Å². The van der Waals surface area contributed by atoms with Crippen molar-refractivity contribution in [2.75, 3.05) is 41.0 Å². The first kappa shape index (κ1) is 22.8. The number of methoxy groups -OCH3 is 3. The number of rotatable bonds is 9. The topological polar surface area (TPSA) is 121 Å². The van der Waals surface area contributed by atoms with Gasteiger partial charge in [0.2, 0.25) is 5.91 Å². The summed E-state index contributed by atoms with van der Waals surface area (Å²) in [6.07, 6.45) is 0. The van der Waals surface area contributed by atoms with Crippen LogP contribution in [0.5, 0.6) is 11.5 Å². The fraction of sp³-hybridized carbons (Fsp3) is 0.273. The van der Waals surface area contributed by atoms with Crippen molar-refractivity contribution in [1.29, 1.82) is 0 Å². The van der Waals surface area contributed by atoms with Crippen LogP contribution in [0, 0.1) is 0 Å². The number of ether oxygens (including phenoxy) is 3. The second-order valence-corrected chi connectivity index (χ2v) is 6.67. The first-order chi connectivity index (χ1) is 15.5. The molecule has 10 nitrogen and oxygen atoms in total. The zero-order valence-electron chi connectivity index (χ0n) is 18.0. The monoisotopic (exact) mass is 440 g/mol. The highest BCUT2D eigenvalue weighted by Crippen LogP contribution is 2.27. The molecule has 3 aromatic rings. The molecule has 0 spiro atoms. The third-order valence-corrected chi connectivity index (χ3v) is 4.67. The van der Waals surface area contributed by atoms with Crippen molar-refractivity contribution in [1.82, 2.24) is 20.4 Å². The van der Waals surface area contributed by atoms with E-state index in [1.165, 1.54) is 21.3 Å². The van der Waals surface area contributed by atoms with Crippen molar-refractivity contribution in [3.63, 3.8) is 0 Å². The summed E-state index contributed by atoms with van der Waals surface area (Å²) in [5.41, 5.74) is -0.0731. The first-order valence-electron chi connectivity index (χ1n) is 9.78. The van der Waals surface area contributed by atoms with E-state index >= 15 is 0 Å². The zero-order valence-corrected chi connectivity index (χ0v) is 18.0. The molecule has 2 amide bonds. The number of aromatic nitrogens is 2. The van der Waals surface area contributed by atoms with Crippen LogP contribution in [0.4, 0.5) is 0 Å². The van der Waals surface area contributed by atoms with Gasteiger partial charge in [-0.15, -0.1) is 0 Å². The van der Waals surface area contributed by atoms with E-state index in [0.717, 1.165) is 4.68 Å². The van der Waals surface area contributed by atoms with Crippen LogP contribution < -0.4 is 25.7 Å². The Labute approximate surface area is 184 Å². The molecule has 0 fully saturated rings. The fourth-order valence-corrected chi connectivity index (χ4v) is 3.08. The molecule has 1 heterocycles. The van der Waals surface area contributed by atoms with Crippen LogP contribution in [0.25, 0.3) is 16.5 Å². The van der Waals surface area contributed by atoms with Gasteiger partial charge in [0.15, 0.2) is 5.69 Å². The first-order valence-corrected chi connectivity index (χ1v) is 9.78. The van der Waals surface area contributed by atoms with E-state index in [9.17, 15) is 14.4 Å². The second kappa shape index (κ2) is 10.4. The summed E-state index contributed by atoms with van der Waals surface area (Å²) in [4.78, 5) is 38.0. The van der Waals surface area contributed by atoms with Gasteiger partial charge in [-0.25, -0.2) is 0 Å². The Morgan fingerprint density at radius 1 is 1.00 bits per heavy atom. The Hall–Kier alpha value is -3.92. The summed E-state index contributed by atoms with van der Waals surface area (Å²) in [5, 5.41) is 10.1. The van der Waals surface area contributed by atoms with Crippen molar-refractivity contribution in [3.8, 4) is 17.2 Å². The number of nitrogens with zero attached hydrogens (tertiary/aromatic N) is 2. The van der Waals surface area contributed by atoms with Crippen LogP contribution >= 0.6 is 0 Å². The van der Waals surface area contributed by atoms with Gasteiger partial charge in [0, 0.05) is 25.1 Å². The van der Waals surface area contributed by atoms with E-state index in [1.54, 1.807) is 42.5 Å². The summed E-state index contributed by atoms with van der Waals surface area (Å²) in [6, 6.07) is 11.5. The number of carbonyl (C=O) groups is 2. The average molecular weight is 440 g/mol. The van der Waals surface area contributed by atoms with Gasteiger partial charge in [-0.05, 0) is 18.2 Å². The molecule has 32 heavy (non-hydrogen) atoms. The Kier molecular flexibility index (Phi) is 7.40. The number of fused-ring (bicyclic) bond motifs is 1. The summed E-state index contributed by atoms with van der Waals surface area (Å²) < 4.78 is 16.6. The van der Waals surface area contributed by atoms with Crippen molar-refractivity contribution < 1.29 is 23.8 Å². The lowest BCUT2D eigenvalue weighted by Crippen LogP contribution is -2.39. The van der Waals surface area contributed by atoms with Crippen molar-refractivity contribution in [2.45, 2.75) is 0 Å². The summed E-state index contributed by atoms with van der Waals surface area (Å²) in [5.74, 6) is -0.0795. The van der Waals surface area contributed by atoms with Crippen LogP contribution in [0.2, 0.25) is 0 Å². The summed E-state index contributed by atoms with van der Waals surface area (Å²) >= 11 is 0. The molecule has 0 radical (unpaired) electrons. The quantitative estimate of drug-likeness (QED) is 0.474. The molecule has 0 aliphatic rings. The third kappa shape index (κ3) is 4.86. The standard InChI is InChI=1S/C22H24N4O6/c1-30-11-10-23-19(27)13-24-21(28)20-15-6-4-5-7-16(15)22(29)26(25-20)17-9-8-14(31-2)12-18(17)32-3/h4-9,12H,10-11,13H2,1-3H3,(H,23,27)(H,24,28). The summed E-state index contributed by atoms with van der Waals surface area (Å²) in [6.45, 7) is 0.443. The molecular weight excluding hydrogens is 416 g/mol. The van der Waals surface area contributed by atoms with Gasteiger partial charge in [0.1, 0.15) is 17.2 Å². The van der Waals surface area contributed by atoms with Crippen LogP contribution in [0.15, 0.2) is 47.3 Å². The van der Waals surface area contributed by atoms with E-state index in [-0.39, 0.29) is 18.1 Å². The molecule has 0 atom stereocenters. The second-order valence-electron chi connectivity index (χ2n) is 6.67. The van der Waals surface area contributed by atoms with Crippen molar-refractivity contribution in [2.24, 2.45) is 0 Å². The van der Waals surface area contributed by atoms with Crippen molar-refractivity contribution >= 4 is 22.6 Å². The highest BCUT2D eigenvalue weighted by Gasteiger charge is 2.20. The third-order valence-electron chi connectivity index (χ3n) is 4.67. The summed E-state index contributed by atoms with van der Waals surface area (Å²) in [7, 11) is 4.50. The van der Waals surface area contributed by atoms with Gasteiger partial charge in [0.25, 0.3) is 11.5 Å². The lowest BCUT2D eigenvalue weighted by atomic mass is 10.1. The highest BCUT2D eigenvalue weighted by atomic mass is 16.5. The van der Waals surface area contributed by atoms with Gasteiger partial charge in [-0.3, -0.25) is 14.4 Å². The predicted molar refractivity (Wildman–Crippen MR) is 118 cm³/mol. The number of amides is 2. The normalized spacial score (nSPS) is 10.6. The molecule has 0 saturated carbocycles. The van der Waals surface area contributed by atoms with E-state index in [0.29, 0.717) is 41.1 Å². The van der Waals surface area contributed by atoms with Gasteiger partial charge < -0.3 is 24.8 Å². The Balaban J connectivity index is 2.01. The maximum atomic E-state index is 13.1. The smallest absolute Gasteiger partial charge is 0.279 e. The number of hydrogen-bond donors (Lipinski definition) is 2. The van der Waals surface area contributed by atoms with Crippen LogP contribution in [-0.4, -0.2) is 62.6 Å². The minimum absolute atomic E-state index is 0.00256. The number of carbonyl (C=O) groups excluding carboxylic acids is 2. The van der Waals surface area contributed by atoms with Crippen LogP contribution in [0.1, 0.15) is 10.5 Å². The molecule has 2 N–H and O–H groups in total. The SMILES string of the molecule is COCCNC(=O)CNC(=O)c1nn(-c2ccc(OC)cc2OC)c(=O)c2ccccc12. The lowest BCUT2D eigenvalue weighted by Gasteiger charge is -2.14. The Morgan fingerprint density at radius 3 is 2.44 bits per heavy atom. The largest absolute Gasteiger partial charge is 0.497 e. The van der Waals surface area contributed by atoms with Gasteiger partial charge in [0.05, 0.1) is 32.8 Å². The lowest BCUT2D eigenvalue weighted by molar-refractivity contribution is -0.120. The minimum Gasteiger partial charge on any atom is -0.497 e. The van der Waals surface area contributed by atoms with Crippen LogP contribution in [0.3, 0.4) is 0 Å². The molecule has 10 heteroatoms. The molecular formula is C22H24N4O6. The number of hydrogen-bond acceptors (Lipinski definition) is 7. The molecule has 168 valence electrons. The van der Waals surface area contributed by atoms with Crippen LogP contribution in [-0.2, 0) is 9.53 Å². The molecule has 2 aromatic carbocycles. The molecule has 0 unspecified atom stereocenters. The molecule has 3 rings (SSSR count). The van der Waals surface area contributed by atoms with Gasteiger partial charge in [-0.2, -0.15) is 9.78 Å². The van der Waals surface area contributed by atoms with E-state index in [4.69, 9.17) is 14.2 Å². The maximum Gasteiger partial charge on any atom is 0.279 e. The van der Waals surface area contributed by atoms with Gasteiger partial charge >= 0.3 is 0 Å². The van der Waals surface area contributed by atoms with E-state index < -0.39 is 11.5 Å². The molecule has 1 aromatic heterocycles. The number of benzene rings is 2. The highest BCUT2D eigenvalue weighted by molar-refractivity contribution is 6.05. The molecule has 0 aliphatic heterocycles. The minimum atomic E-state index is -0.593. The van der Waals surface area contributed by atoms with Gasteiger partial charge in [-0.1, -0.05) is 18.2 Å². The average Bonchev–Trinajstić information content (AvgIpc) is 2.82. The Morgan fingerprint density at radius 2 is 1.75 bits per heavy atom. The van der Waals surface area contributed by atoms with Crippen molar-refractivity contribution in [3.05, 3.63) is 58.5 Å². The number of nitrogens with one attached hydrogen (secondary N) is 2. The van der Waals surface area contributed by atoms with E-state index in [2.05, 4.69) is 15.7 Å². The molecule has 0 aliphatic carbocycles. The Bertz CT molecular complexity index is 1190. The fourth-order valence-electron chi connectivity index (χ4n) is 3.08. The predicted octanol–water partition coefficient (Wildman–Crippen LogP) is 0.895. The zero-order chi connectivity index (χ0) is 23.1. The molecule has 0 bridgehead atoms. The molecule has 0 saturated heterocycles. The maximum absolute atomic E-state index is 13.1.